The molecule has 4 aromatic carbocycles. The van der Waals surface area contributed by atoms with Gasteiger partial charge in [0.15, 0.2) is 0 Å². The minimum Gasteiger partial charge on any atom is -0.0642 e. The van der Waals surface area contributed by atoms with E-state index in [0.29, 0.717) is 0 Å². The lowest BCUT2D eigenvalue weighted by Gasteiger charge is -2.31. The van der Waals surface area contributed by atoms with Gasteiger partial charge in [0.05, 0.1) is 0 Å². The third-order valence-electron chi connectivity index (χ3n) is 9.39. The van der Waals surface area contributed by atoms with Gasteiger partial charge in [-0.1, -0.05) is 96.0 Å². The molecule has 0 unspecified atom stereocenters. The zero-order chi connectivity index (χ0) is 25.2. The Balaban J connectivity index is 1.53. The van der Waals surface area contributed by atoms with Crippen LogP contribution < -0.4 is 0 Å². The lowest BCUT2D eigenvalue weighted by atomic mass is 9.72. The first-order valence-electron chi connectivity index (χ1n) is 13.3. The fourth-order valence-corrected chi connectivity index (χ4v) is 8.04. The van der Waals surface area contributed by atoms with E-state index in [2.05, 4.69) is 132 Å². The molecule has 0 aliphatic heterocycles. The lowest BCUT2D eigenvalue weighted by Crippen LogP contribution is -2.23. The summed E-state index contributed by atoms with van der Waals surface area (Å²) in [4.78, 5) is 0. The largest absolute Gasteiger partial charge is 0.0642 e. The highest BCUT2D eigenvalue weighted by molar-refractivity contribution is 9.10. The molecule has 0 atom stereocenters. The van der Waals surface area contributed by atoms with Crippen LogP contribution in [0.5, 0.6) is 0 Å². The van der Waals surface area contributed by atoms with Crippen molar-refractivity contribution >= 4 is 31.9 Å². The number of rotatable bonds is 5. The molecule has 4 aromatic rings. The maximum Gasteiger partial charge on any atom is 0.0210 e. The molecule has 2 aliphatic carbocycles. The predicted molar refractivity (Wildman–Crippen MR) is 161 cm³/mol. The number of halogens is 2. The Bertz CT molecular complexity index is 1390. The van der Waals surface area contributed by atoms with E-state index in [1.165, 1.54) is 64.6 Å². The van der Waals surface area contributed by atoms with E-state index in [9.17, 15) is 0 Å². The summed E-state index contributed by atoms with van der Waals surface area (Å²) < 4.78 is 2.33. The summed E-state index contributed by atoms with van der Waals surface area (Å²) in [5.41, 5.74) is 14.3. The highest BCUT2D eigenvalue weighted by atomic mass is 79.9. The molecule has 36 heavy (non-hydrogen) atoms. The Labute approximate surface area is 232 Å². The third kappa shape index (κ3) is 3.16. The highest BCUT2D eigenvalue weighted by Gasteiger charge is 2.42. The summed E-state index contributed by atoms with van der Waals surface area (Å²) in [5.74, 6) is 0. The summed E-state index contributed by atoms with van der Waals surface area (Å²) in [7, 11) is 0. The molecule has 6 rings (SSSR count). The van der Waals surface area contributed by atoms with Gasteiger partial charge in [-0.05, 0) is 118 Å². The first-order valence-corrected chi connectivity index (χ1v) is 14.9. The van der Waals surface area contributed by atoms with Crippen LogP contribution in [0.2, 0.25) is 0 Å². The van der Waals surface area contributed by atoms with Crippen LogP contribution in [0.1, 0.15) is 75.6 Å². The Morgan fingerprint density at radius 3 is 1.08 bits per heavy atom. The van der Waals surface area contributed by atoms with Crippen LogP contribution in [0.4, 0.5) is 0 Å². The van der Waals surface area contributed by atoms with Gasteiger partial charge in [0.25, 0.3) is 0 Å². The summed E-state index contributed by atoms with van der Waals surface area (Å²) >= 11 is 7.47. The second-order valence-corrected chi connectivity index (χ2v) is 12.3. The summed E-state index contributed by atoms with van der Waals surface area (Å²) in [5, 5.41) is 0. The van der Waals surface area contributed by atoms with Crippen molar-refractivity contribution in [1.29, 1.82) is 0 Å². The van der Waals surface area contributed by atoms with E-state index < -0.39 is 0 Å². The Kier molecular flexibility index (Phi) is 5.85. The fraction of sp³-hybridized carbons (Fsp3) is 0.294. The standard InChI is InChI=1S/C34H32Br2/c1-5-33(6-2)29-17-21(9-13-25(29)27-15-11-23(35)19-31(27)33)22-10-14-26-28-16-12-24(36)20-32(28)34(7-3,8-4)30(26)18-22/h9-20H,5-8H2,1-4H3. The molecule has 0 amide bonds. The van der Waals surface area contributed by atoms with Crippen molar-refractivity contribution in [3.05, 3.63) is 104 Å². The first kappa shape index (κ1) is 24.2. The molecule has 0 fully saturated rings. The van der Waals surface area contributed by atoms with Crippen LogP contribution in [0, 0.1) is 0 Å². The van der Waals surface area contributed by atoms with Crippen LogP contribution in [0.25, 0.3) is 33.4 Å². The van der Waals surface area contributed by atoms with Gasteiger partial charge in [0, 0.05) is 19.8 Å². The first-order chi connectivity index (χ1) is 17.4. The minimum atomic E-state index is 0.0697. The van der Waals surface area contributed by atoms with E-state index >= 15 is 0 Å². The molecular weight excluding hydrogens is 568 g/mol. The second-order valence-electron chi connectivity index (χ2n) is 10.5. The summed E-state index contributed by atoms with van der Waals surface area (Å²) in [6.07, 6.45) is 4.41. The number of hydrogen-bond donors (Lipinski definition) is 0. The molecule has 2 heteroatoms. The van der Waals surface area contributed by atoms with Crippen molar-refractivity contribution in [2.24, 2.45) is 0 Å². The smallest absolute Gasteiger partial charge is 0.0210 e. The summed E-state index contributed by atoms with van der Waals surface area (Å²) in [6.45, 7) is 9.38. The second kappa shape index (κ2) is 8.71. The zero-order valence-electron chi connectivity index (χ0n) is 21.5. The van der Waals surface area contributed by atoms with Crippen LogP contribution in [0.15, 0.2) is 81.7 Å². The van der Waals surface area contributed by atoms with Gasteiger partial charge in [-0.15, -0.1) is 0 Å². The lowest BCUT2D eigenvalue weighted by molar-refractivity contribution is 0.490. The number of benzene rings is 4. The quantitative estimate of drug-likeness (QED) is 0.214. The SMILES string of the molecule is CCC1(CC)c2cc(Br)ccc2-c2ccc(-c3ccc4c(c3)C(CC)(CC)c3cc(Br)ccc3-4)cc21. The third-order valence-corrected chi connectivity index (χ3v) is 10.4. The Morgan fingerprint density at radius 2 is 0.750 bits per heavy atom. The van der Waals surface area contributed by atoms with Gasteiger partial charge in [0.2, 0.25) is 0 Å². The van der Waals surface area contributed by atoms with Crippen molar-refractivity contribution in [3.63, 3.8) is 0 Å². The normalized spacial score (nSPS) is 15.8. The molecule has 0 radical (unpaired) electrons. The monoisotopic (exact) mass is 598 g/mol. The van der Waals surface area contributed by atoms with Gasteiger partial charge in [0.1, 0.15) is 0 Å². The average molecular weight is 600 g/mol. The molecule has 0 saturated heterocycles. The molecule has 0 heterocycles. The molecular formula is C34H32Br2. The van der Waals surface area contributed by atoms with Crippen molar-refractivity contribution in [1.82, 2.24) is 0 Å². The number of fused-ring (bicyclic) bond motifs is 6. The van der Waals surface area contributed by atoms with E-state index in [1.807, 2.05) is 0 Å². The van der Waals surface area contributed by atoms with Crippen molar-refractivity contribution in [2.75, 3.05) is 0 Å². The van der Waals surface area contributed by atoms with Gasteiger partial charge >= 0.3 is 0 Å². The highest BCUT2D eigenvalue weighted by Crippen LogP contribution is 2.56. The van der Waals surface area contributed by atoms with Crippen LogP contribution >= 0.6 is 31.9 Å². The molecule has 0 bridgehead atoms. The molecule has 0 aromatic heterocycles. The predicted octanol–water partition coefficient (Wildman–Crippen LogP) is 11.1. The van der Waals surface area contributed by atoms with Crippen molar-refractivity contribution in [2.45, 2.75) is 64.2 Å². The van der Waals surface area contributed by atoms with E-state index in [4.69, 9.17) is 0 Å². The van der Waals surface area contributed by atoms with E-state index in [1.54, 1.807) is 0 Å². The van der Waals surface area contributed by atoms with E-state index in [-0.39, 0.29) is 10.8 Å². The van der Waals surface area contributed by atoms with Gasteiger partial charge < -0.3 is 0 Å². The molecule has 182 valence electrons. The molecule has 2 aliphatic rings. The maximum atomic E-state index is 3.74. The van der Waals surface area contributed by atoms with E-state index in [0.717, 1.165) is 25.7 Å². The molecule has 0 nitrogen and oxygen atoms in total. The van der Waals surface area contributed by atoms with Gasteiger partial charge in [-0.25, -0.2) is 0 Å². The molecule has 0 N–H and O–H groups in total. The Morgan fingerprint density at radius 1 is 0.444 bits per heavy atom. The zero-order valence-corrected chi connectivity index (χ0v) is 24.7. The topological polar surface area (TPSA) is 0 Å². The molecule has 0 spiro atoms. The molecule has 0 saturated carbocycles. The van der Waals surface area contributed by atoms with Gasteiger partial charge in [-0.3, -0.25) is 0 Å². The Hall–Kier alpha value is -2.16. The van der Waals surface area contributed by atoms with Crippen molar-refractivity contribution in [3.8, 4) is 33.4 Å². The van der Waals surface area contributed by atoms with Crippen LogP contribution in [0.3, 0.4) is 0 Å². The minimum absolute atomic E-state index is 0.0697. The maximum absolute atomic E-state index is 3.74. The fourth-order valence-electron chi connectivity index (χ4n) is 7.32. The average Bonchev–Trinajstić information content (AvgIpc) is 3.34. The van der Waals surface area contributed by atoms with Crippen LogP contribution in [-0.2, 0) is 10.8 Å². The van der Waals surface area contributed by atoms with Crippen molar-refractivity contribution < 1.29 is 0 Å². The number of hydrogen-bond acceptors (Lipinski definition) is 0. The summed E-state index contributed by atoms with van der Waals surface area (Å²) in [6, 6.07) is 28.1. The van der Waals surface area contributed by atoms with Crippen LogP contribution in [-0.4, -0.2) is 0 Å². The van der Waals surface area contributed by atoms with Gasteiger partial charge in [-0.2, -0.15) is 0 Å².